The molecule has 0 spiro atoms. The molecular formula is C2CoN2S. The average Bonchev–Trinajstić information content (AvgIpc) is 1.41. The van der Waals surface area contributed by atoms with Crippen LogP contribution in [-0.2, 0) is 16.8 Å². The van der Waals surface area contributed by atoms with E-state index in [2.05, 4.69) is 0 Å². The summed E-state index contributed by atoms with van der Waals surface area (Å²) in [5.41, 5.74) is 0. The molecule has 0 rings (SSSR count). The van der Waals surface area contributed by atoms with E-state index in [0.717, 1.165) is 0 Å². The summed E-state index contributed by atoms with van der Waals surface area (Å²) in [4.78, 5) is 0. The summed E-state index contributed by atoms with van der Waals surface area (Å²) in [6.45, 7) is 0. The van der Waals surface area contributed by atoms with Crippen molar-refractivity contribution in [2.75, 3.05) is 0 Å². The minimum absolute atomic E-state index is 0. The third-order valence-corrected chi connectivity index (χ3v) is 0.274. The first-order chi connectivity index (χ1) is 2.41. The minimum Gasteiger partial charge on any atom is -0.184 e. The fourth-order valence-electron chi connectivity index (χ4n) is 0.0204. The van der Waals surface area contributed by atoms with Crippen LogP contribution in [0.15, 0.2) is 0 Å². The summed E-state index contributed by atoms with van der Waals surface area (Å²) >= 11 is 0.574. The van der Waals surface area contributed by atoms with Gasteiger partial charge in [-0.05, 0) is 0 Å². The smallest absolute Gasteiger partial charge is 0.149 e. The summed E-state index contributed by atoms with van der Waals surface area (Å²) in [5.74, 6) is 0. The molecular weight excluding hydrogens is 143 g/mol. The summed E-state index contributed by atoms with van der Waals surface area (Å²) in [7, 11) is 0. The SMILES string of the molecule is N#CSC#N.[Co]. The van der Waals surface area contributed by atoms with E-state index in [-0.39, 0.29) is 16.8 Å². The van der Waals surface area contributed by atoms with Gasteiger partial charge in [0.2, 0.25) is 0 Å². The van der Waals surface area contributed by atoms with Gasteiger partial charge < -0.3 is 0 Å². The fraction of sp³-hybridized carbons (Fsp3) is 0. The molecule has 0 atom stereocenters. The van der Waals surface area contributed by atoms with Gasteiger partial charge in [-0.1, -0.05) is 0 Å². The van der Waals surface area contributed by atoms with Gasteiger partial charge in [0.1, 0.15) is 10.8 Å². The van der Waals surface area contributed by atoms with Crippen LogP contribution in [0.25, 0.3) is 0 Å². The zero-order chi connectivity index (χ0) is 4.12. The molecule has 0 aromatic heterocycles. The number of thioether (sulfide) groups is 1. The maximum atomic E-state index is 7.56. The molecule has 0 saturated heterocycles. The normalized spacial score (nSPS) is 3.67. The zero-order valence-corrected chi connectivity index (χ0v) is 4.49. The quantitative estimate of drug-likeness (QED) is 0.468. The third-order valence-electron chi connectivity index (χ3n) is 0.0913. The van der Waals surface area contributed by atoms with Crippen molar-refractivity contribution in [1.29, 1.82) is 10.5 Å². The topological polar surface area (TPSA) is 47.6 Å². The molecule has 0 bridgehead atoms. The third kappa shape index (κ3) is 9.15. The van der Waals surface area contributed by atoms with Crippen LogP contribution in [0.3, 0.4) is 0 Å². The first kappa shape index (κ1) is 9.28. The second kappa shape index (κ2) is 8.85. The Balaban J connectivity index is 0. The van der Waals surface area contributed by atoms with Gasteiger partial charge >= 0.3 is 0 Å². The molecule has 0 saturated carbocycles. The second-order valence-corrected chi connectivity index (χ2v) is 0.854. The number of nitriles is 2. The molecule has 0 N–H and O–H groups in total. The van der Waals surface area contributed by atoms with E-state index in [1.54, 1.807) is 10.8 Å². The van der Waals surface area contributed by atoms with Crippen LogP contribution in [-0.4, -0.2) is 0 Å². The first-order valence-corrected chi connectivity index (χ1v) is 1.67. The number of thiocyanates is 2. The predicted octanol–water partition coefficient (Wildman–Crippen LogP) is 0.679. The number of nitrogens with zero attached hydrogens (tertiary/aromatic N) is 2. The van der Waals surface area contributed by atoms with Crippen LogP contribution in [0.1, 0.15) is 0 Å². The largest absolute Gasteiger partial charge is 0.184 e. The van der Waals surface area contributed by atoms with Crippen molar-refractivity contribution >= 4 is 11.8 Å². The molecule has 0 aliphatic heterocycles. The monoisotopic (exact) mass is 143 g/mol. The standard InChI is InChI=1S/C2N2S.Co/c3-1-5-2-4;. The molecule has 4 heteroatoms. The molecule has 0 aromatic rings. The Kier molecular flexibility index (Phi) is 13.7. The Labute approximate surface area is 50.3 Å². The Morgan fingerprint density at radius 1 is 1.17 bits per heavy atom. The average molecular weight is 143 g/mol. The predicted molar refractivity (Wildman–Crippen MR) is 18.8 cm³/mol. The van der Waals surface area contributed by atoms with Crippen LogP contribution in [0.5, 0.6) is 0 Å². The van der Waals surface area contributed by atoms with Crippen LogP contribution >= 0.6 is 11.8 Å². The fourth-order valence-corrected chi connectivity index (χ4v) is 0.0612. The zero-order valence-electron chi connectivity index (χ0n) is 2.64. The summed E-state index contributed by atoms with van der Waals surface area (Å²) in [6.07, 6.45) is 0. The molecule has 33 valence electrons. The van der Waals surface area contributed by atoms with Crippen molar-refractivity contribution < 1.29 is 16.8 Å². The van der Waals surface area contributed by atoms with Crippen molar-refractivity contribution in [3.63, 3.8) is 0 Å². The van der Waals surface area contributed by atoms with Crippen molar-refractivity contribution in [3.05, 3.63) is 0 Å². The van der Waals surface area contributed by atoms with Gasteiger partial charge in [-0.3, -0.25) is 0 Å². The van der Waals surface area contributed by atoms with E-state index >= 15 is 0 Å². The van der Waals surface area contributed by atoms with E-state index in [1.165, 1.54) is 0 Å². The number of hydrogen-bond donors (Lipinski definition) is 0. The summed E-state index contributed by atoms with van der Waals surface area (Å²) in [6, 6.07) is 0. The number of rotatable bonds is 0. The molecule has 0 unspecified atom stereocenters. The maximum absolute atomic E-state index is 7.56. The molecule has 0 aromatic carbocycles. The molecule has 0 aliphatic carbocycles. The van der Waals surface area contributed by atoms with E-state index < -0.39 is 0 Å². The Bertz CT molecular complexity index is 76.7. The van der Waals surface area contributed by atoms with E-state index in [1.807, 2.05) is 0 Å². The number of hydrogen-bond acceptors (Lipinski definition) is 3. The summed E-state index contributed by atoms with van der Waals surface area (Å²) in [5, 5.41) is 18.3. The van der Waals surface area contributed by atoms with Crippen LogP contribution < -0.4 is 0 Å². The van der Waals surface area contributed by atoms with E-state index in [4.69, 9.17) is 10.5 Å². The van der Waals surface area contributed by atoms with Crippen molar-refractivity contribution in [1.82, 2.24) is 0 Å². The van der Waals surface area contributed by atoms with Crippen molar-refractivity contribution in [2.45, 2.75) is 0 Å². The molecule has 2 nitrogen and oxygen atoms in total. The van der Waals surface area contributed by atoms with Crippen molar-refractivity contribution in [2.24, 2.45) is 0 Å². The molecule has 0 heterocycles. The second-order valence-electron chi connectivity index (χ2n) is 0.285. The van der Waals surface area contributed by atoms with E-state index in [0.29, 0.717) is 11.8 Å². The Morgan fingerprint density at radius 2 is 1.50 bits per heavy atom. The Morgan fingerprint density at radius 3 is 1.50 bits per heavy atom. The van der Waals surface area contributed by atoms with Gasteiger partial charge in [-0.2, -0.15) is 10.5 Å². The molecule has 1 radical (unpaired) electrons. The molecule has 0 aliphatic rings. The van der Waals surface area contributed by atoms with Crippen LogP contribution in [0, 0.1) is 21.3 Å². The minimum atomic E-state index is 0. The molecule has 6 heavy (non-hydrogen) atoms. The summed E-state index contributed by atoms with van der Waals surface area (Å²) < 4.78 is 0. The van der Waals surface area contributed by atoms with Gasteiger partial charge in [0.05, 0.1) is 11.8 Å². The van der Waals surface area contributed by atoms with Gasteiger partial charge in [-0.25, -0.2) is 0 Å². The van der Waals surface area contributed by atoms with Gasteiger partial charge in [-0.15, -0.1) is 0 Å². The van der Waals surface area contributed by atoms with E-state index in [9.17, 15) is 0 Å². The van der Waals surface area contributed by atoms with Crippen LogP contribution in [0.2, 0.25) is 0 Å². The van der Waals surface area contributed by atoms with Gasteiger partial charge in [0.25, 0.3) is 0 Å². The van der Waals surface area contributed by atoms with Gasteiger partial charge in [0.15, 0.2) is 0 Å². The first-order valence-electron chi connectivity index (χ1n) is 0.855. The van der Waals surface area contributed by atoms with Crippen LogP contribution in [0.4, 0.5) is 0 Å². The Hall–Kier alpha value is -0.164. The molecule has 0 amide bonds. The van der Waals surface area contributed by atoms with Gasteiger partial charge in [0, 0.05) is 16.8 Å². The maximum Gasteiger partial charge on any atom is 0.149 e. The molecule has 0 fully saturated rings. The van der Waals surface area contributed by atoms with Crippen molar-refractivity contribution in [3.8, 4) is 10.8 Å².